The summed E-state index contributed by atoms with van der Waals surface area (Å²) in [6.07, 6.45) is 3.16. The number of carboxylic acid groups (broad SMARTS) is 1. The summed E-state index contributed by atoms with van der Waals surface area (Å²) >= 11 is 1.69. The minimum atomic E-state index is -1.31. The predicted octanol–water partition coefficient (Wildman–Crippen LogP) is 7.35. The summed E-state index contributed by atoms with van der Waals surface area (Å²) in [5.74, 6) is 1.00. The van der Waals surface area contributed by atoms with Crippen LogP contribution in [0.2, 0.25) is 0 Å². The summed E-state index contributed by atoms with van der Waals surface area (Å²) in [6.45, 7) is 11.4. The fourth-order valence-electron chi connectivity index (χ4n) is 3.39. The Morgan fingerprint density at radius 2 is 1.81 bits per heavy atom. The lowest BCUT2D eigenvalue weighted by atomic mass is 10.1. The monoisotopic (exact) mass is 506 g/mol. The molecule has 0 spiro atoms. The number of aliphatic carboxylic acids is 1. The van der Waals surface area contributed by atoms with Gasteiger partial charge in [-0.1, -0.05) is 55.6 Å². The van der Waals surface area contributed by atoms with Crippen LogP contribution in [0.25, 0.3) is 0 Å². The van der Waals surface area contributed by atoms with Crippen LogP contribution in [0.5, 0.6) is 17.2 Å². The van der Waals surface area contributed by atoms with Crippen LogP contribution in [-0.2, 0) is 11.2 Å². The Hall–Kier alpha value is -3.38. The zero-order valence-corrected chi connectivity index (χ0v) is 22.1. The smallest absolute Gasteiger partial charge is 0.347 e. The van der Waals surface area contributed by atoms with Crippen LogP contribution in [-0.4, -0.2) is 29.4 Å². The van der Waals surface area contributed by atoms with Gasteiger partial charge in [0.15, 0.2) is 5.60 Å². The molecule has 3 rings (SSSR count). The van der Waals surface area contributed by atoms with Crippen LogP contribution in [0, 0.1) is 6.92 Å². The van der Waals surface area contributed by atoms with Gasteiger partial charge in [0, 0.05) is 11.3 Å². The van der Waals surface area contributed by atoms with E-state index in [0.29, 0.717) is 24.5 Å². The number of hydrogen-bond donors (Lipinski definition) is 1. The zero-order chi connectivity index (χ0) is 26.1. The van der Waals surface area contributed by atoms with E-state index in [1.54, 1.807) is 30.0 Å². The third kappa shape index (κ3) is 7.56. The molecule has 0 saturated carbocycles. The van der Waals surface area contributed by atoms with Gasteiger partial charge in [0.1, 0.15) is 23.4 Å². The van der Waals surface area contributed by atoms with Gasteiger partial charge in [-0.3, -0.25) is 0 Å². The van der Waals surface area contributed by atoms with Crippen molar-refractivity contribution in [3.63, 3.8) is 0 Å². The predicted molar refractivity (Wildman–Crippen MR) is 145 cm³/mol. The number of carboxylic acids is 1. The van der Waals surface area contributed by atoms with Gasteiger partial charge in [0.25, 0.3) is 0 Å². The first-order valence-corrected chi connectivity index (χ1v) is 12.8. The molecule has 0 aliphatic heterocycles. The summed E-state index contributed by atoms with van der Waals surface area (Å²) in [4.78, 5) is 13.6. The maximum absolute atomic E-state index is 11.3. The largest absolute Gasteiger partial charge is 0.493 e. The van der Waals surface area contributed by atoms with Gasteiger partial charge in [-0.2, -0.15) is 0 Å². The molecule has 1 atom stereocenters. The molecule has 0 aromatic heterocycles. The summed E-state index contributed by atoms with van der Waals surface area (Å²) < 4.78 is 17.9. The Balaban J connectivity index is 1.62. The van der Waals surface area contributed by atoms with E-state index < -0.39 is 11.6 Å². The molecule has 0 radical (unpaired) electrons. The van der Waals surface area contributed by atoms with Crippen molar-refractivity contribution in [1.82, 2.24) is 0 Å². The summed E-state index contributed by atoms with van der Waals surface area (Å²) in [5.41, 5.74) is 0.750. The number of ether oxygens (including phenoxy) is 3. The van der Waals surface area contributed by atoms with Crippen LogP contribution in [0.3, 0.4) is 0 Å². The lowest BCUT2D eigenvalue weighted by molar-refractivity contribution is -0.152. The fourth-order valence-corrected chi connectivity index (χ4v) is 4.36. The quantitative estimate of drug-likeness (QED) is 0.245. The van der Waals surface area contributed by atoms with E-state index in [-0.39, 0.29) is 6.10 Å². The molecule has 36 heavy (non-hydrogen) atoms. The summed E-state index contributed by atoms with van der Waals surface area (Å²) in [7, 11) is 0. The first-order chi connectivity index (χ1) is 17.2. The molecule has 1 unspecified atom stereocenters. The Bertz CT molecular complexity index is 1170. The molecule has 0 aliphatic rings. The Kier molecular flexibility index (Phi) is 9.48. The molecule has 190 valence electrons. The molecule has 0 heterocycles. The van der Waals surface area contributed by atoms with Gasteiger partial charge < -0.3 is 19.3 Å². The number of aryl methyl sites for hydroxylation is 2. The SMILES string of the molecule is C=CC(CCOc1ccc(OC(C)(C)C(=O)O)c(C)c1)Oc1ccc(CC)cc1Sc1ccccc1. The second-order valence-corrected chi connectivity index (χ2v) is 10.0. The average Bonchev–Trinajstić information content (AvgIpc) is 2.86. The van der Waals surface area contributed by atoms with E-state index in [9.17, 15) is 9.90 Å². The average molecular weight is 507 g/mol. The van der Waals surface area contributed by atoms with E-state index in [4.69, 9.17) is 14.2 Å². The van der Waals surface area contributed by atoms with Crippen LogP contribution in [0.15, 0.2) is 89.2 Å². The van der Waals surface area contributed by atoms with Crippen molar-refractivity contribution in [2.45, 2.75) is 62.0 Å². The Labute approximate surface area is 218 Å². The number of benzene rings is 3. The normalized spacial score (nSPS) is 12.0. The van der Waals surface area contributed by atoms with Gasteiger partial charge in [0.2, 0.25) is 0 Å². The van der Waals surface area contributed by atoms with E-state index in [1.165, 1.54) is 19.4 Å². The van der Waals surface area contributed by atoms with Crippen molar-refractivity contribution >= 4 is 17.7 Å². The minimum absolute atomic E-state index is 0.215. The maximum atomic E-state index is 11.3. The van der Waals surface area contributed by atoms with E-state index >= 15 is 0 Å². The standard InChI is InChI=1S/C30H34O5S/c1-6-22-13-15-27(28(20-22)36-25-11-9-8-10-12-25)34-23(7-2)17-18-33-24-14-16-26(21(3)19-24)35-30(4,5)29(31)32/h7-16,19-20,23H,2,6,17-18H2,1,3-5H3,(H,31,32). The molecular formula is C30H34O5S. The Morgan fingerprint density at radius 1 is 1.08 bits per heavy atom. The van der Waals surface area contributed by atoms with Crippen molar-refractivity contribution in [2.24, 2.45) is 0 Å². The maximum Gasteiger partial charge on any atom is 0.347 e. The molecule has 0 fully saturated rings. The second-order valence-electron chi connectivity index (χ2n) is 8.92. The first kappa shape index (κ1) is 27.2. The minimum Gasteiger partial charge on any atom is -0.493 e. The molecule has 0 amide bonds. The highest BCUT2D eigenvalue weighted by molar-refractivity contribution is 7.99. The number of carbonyl (C=O) groups is 1. The molecule has 3 aromatic rings. The molecule has 0 bridgehead atoms. The van der Waals surface area contributed by atoms with Crippen molar-refractivity contribution in [3.05, 3.63) is 90.5 Å². The number of hydrogen-bond acceptors (Lipinski definition) is 5. The lowest BCUT2D eigenvalue weighted by Gasteiger charge is -2.23. The number of rotatable bonds is 13. The molecule has 5 nitrogen and oxygen atoms in total. The fraction of sp³-hybridized carbons (Fsp3) is 0.300. The first-order valence-electron chi connectivity index (χ1n) is 12.0. The van der Waals surface area contributed by atoms with Gasteiger partial charge in [0.05, 0.1) is 11.5 Å². The van der Waals surface area contributed by atoms with Crippen molar-refractivity contribution < 1.29 is 24.1 Å². The van der Waals surface area contributed by atoms with Crippen LogP contribution in [0.4, 0.5) is 0 Å². The highest BCUT2D eigenvalue weighted by Crippen LogP contribution is 2.36. The van der Waals surface area contributed by atoms with E-state index in [2.05, 4.69) is 37.8 Å². The van der Waals surface area contributed by atoms with Crippen molar-refractivity contribution in [2.75, 3.05) is 6.61 Å². The molecule has 0 saturated heterocycles. The van der Waals surface area contributed by atoms with Crippen LogP contribution < -0.4 is 14.2 Å². The molecule has 6 heteroatoms. The van der Waals surface area contributed by atoms with Gasteiger partial charge >= 0.3 is 5.97 Å². The molecule has 1 N–H and O–H groups in total. The highest BCUT2D eigenvalue weighted by atomic mass is 32.2. The molecular weight excluding hydrogens is 472 g/mol. The second kappa shape index (κ2) is 12.5. The summed E-state index contributed by atoms with van der Waals surface area (Å²) in [5, 5.41) is 9.29. The van der Waals surface area contributed by atoms with Crippen LogP contribution in [0.1, 0.15) is 38.3 Å². The van der Waals surface area contributed by atoms with Crippen molar-refractivity contribution in [3.8, 4) is 17.2 Å². The molecule has 3 aromatic carbocycles. The highest BCUT2D eigenvalue weighted by Gasteiger charge is 2.29. The van der Waals surface area contributed by atoms with E-state index in [0.717, 1.165) is 27.5 Å². The Morgan fingerprint density at radius 3 is 2.44 bits per heavy atom. The summed E-state index contributed by atoms with van der Waals surface area (Å²) in [6, 6.07) is 21.9. The van der Waals surface area contributed by atoms with Gasteiger partial charge in [-0.15, -0.1) is 0 Å². The third-order valence-electron chi connectivity index (χ3n) is 5.63. The third-order valence-corrected chi connectivity index (χ3v) is 6.67. The zero-order valence-electron chi connectivity index (χ0n) is 21.3. The van der Waals surface area contributed by atoms with Crippen LogP contribution >= 0.6 is 11.8 Å². The lowest BCUT2D eigenvalue weighted by Crippen LogP contribution is -2.38. The van der Waals surface area contributed by atoms with Gasteiger partial charge in [-0.05, 0) is 80.8 Å². The van der Waals surface area contributed by atoms with Gasteiger partial charge in [-0.25, -0.2) is 4.79 Å². The molecule has 0 aliphatic carbocycles. The van der Waals surface area contributed by atoms with Crippen molar-refractivity contribution in [1.29, 1.82) is 0 Å². The topological polar surface area (TPSA) is 65.0 Å². The van der Waals surface area contributed by atoms with E-state index in [1.807, 2.05) is 37.3 Å².